The van der Waals surface area contributed by atoms with E-state index < -0.39 is 0 Å². The third-order valence-corrected chi connectivity index (χ3v) is 4.99. The second-order valence-electron chi connectivity index (χ2n) is 6.89. The molecular weight excluding hydrogens is 367 g/mol. The Hall–Kier alpha value is -3.41. The first-order valence-corrected chi connectivity index (χ1v) is 9.60. The lowest BCUT2D eigenvalue weighted by atomic mass is 10.2. The van der Waals surface area contributed by atoms with Gasteiger partial charge in [0.2, 0.25) is 0 Å². The van der Waals surface area contributed by atoms with E-state index in [1.807, 2.05) is 49.6 Å². The van der Waals surface area contributed by atoms with Crippen LogP contribution in [0.5, 0.6) is 5.75 Å². The fourth-order valence-corrected chi connectivity index (χ4v) is 3.55. The van der Waals surface area contributed by atoms with Crippen molar-refractivity contribution < 1.29 is 9.13 Å². The zero-order valence-electron chi connectivity index (χ0n) is 17.0. The molecule has 0 radical (unpaired) electrons. The predicted molar refractivity (Wildman–Crippen MR) is 114 cm³/mol. The molecule has 5 nitrogen and oxygen atoms in total. The third kappa shape index (κ3) is 3.42. The summed E-state index contributed by atoms with van der Waals surface area (Å²) < 4.78 is 21.2. The lowest BCUT2D eigenvalue weighted by Crippen LogP contribution is -2.03. The zero-order valence-corrected chi connectivity index (χ0v) is 17.0. The molecular formula is C23H23FN4O. The Balaban J connectivity index is 1.91. The maximum absolute atomic E-state index is 13.4. The van der Waals surface area contributed by atoms with Crippen molar-refractivity contribution in [3.8, 4) is 11.4 Å². The maximum atomic E-state index is 13.4. The Morgan fingerprint density at radius 1 is 1.00 bits per heavy atom. The van der Waals surface area contributed by atoms with Crippen LogP contribution in [-0.2, 0) is 0 Å². The number of rotatable bonds is 5. The zero-order chi connectivity index (χ0) is 20.5. The van der Waals surface area contributed by atoms with Crippen molar-refractivity contribution >= 4 is 22.5 Å². The van der Waals surface area contributed by atoms with Crippen molar-refractivity contribution in [2.75, 3.05) is 11.9 Å². The normalized spacial score (nSPS) is 11.1. The van der Waals surface area contributed by atoms with Crippen LogP contribution >= 0.6 is 0 Å². The van der Waals surface area contributed by atoms with E-state index in [0.717, 1.165) is 45.2 Å². The van der Waals surface area contributed by atoms with Gasteiger partial charge in [-0.2, -0.15) is 0 Å². The molecule has 0 bridgehead atoms. The second-order valence-corrected chi connectivity index (χ2v) is 6.89. The highest BCUT2D eigenvalue weighted by molar-refractivity contribution is 5.95. The van der Waals surface area contributed by atoms with Crippen molar-refractivity contribution in [3.05, 3.63) is 71.4 Å². The highest BCUT2D eigenvalue weighted by Gasteiger charge is 2.19. The highest BCUT2D eigenvalue weighted by Crippen LogP contribution is 2.35. The lowest BCUT2D eigenvalue weighted by Gasteiger charge is -2.13. The molecule has 148 valence electrons. The fraction of sp³-hybridized carbons (Fsp3) is 0.217. The van der Waals surface area contributed by atoms with Gasteiger partial charge in [0.1, 0.15) is 23.2 Å². The van der Waals surface area contributed by atoms with E-state index in [0.29, 0.717) is 12.4 Å². The number of ether oxygens (including phenoxy) is 1. The molecule has 29 heavy (non-hydrogen) atoms. The molecule has 4 rings (SSSR count). The molecule has 0 atom stereocenters. The molecule has 0 aliphatic heterocycles. The van der Waals surface area contributed by atoms with Crippen molar-refractivity contribution in [1.82, 2.24) is 14.5 Å². The van der Waals surface area contributed by atoms with Gasteiger partial charge in [0, 0.05) is 11.4 Å². The van der Waals surface area contributed by atoms with Gasteiger partial charge in [-0.15, -0.1) is 0 Å². The average Bonchev–Trinajstić information content (AvgIpc) is 2.95. The Labute approximate surface area is 169 Å². The van der Waals surface area contributed by atoms with Crippen LogP contribution in [0.25, 0.3) is 16.7 Å². The van der Waals surface area contributed by atoms with Crippen LogP contribution in [0.1, 0.15) is 24.0 Å². The molecule has 0 spiro atoms. The van der Waals surface area contributed by atoms with Gasteiger partial charge in [-0.25, -0.2) is 14.4 Å². The lowest BCUT2D eigenvalue weighted by molar-refractivity contribution is 0.342. The predicted octanol–water partition coefficient (Wildman–Crippen LogP) is 5.63. The van der Waals surface area contributed by atoms with E-state index in [-0.39, 0.29) is 5.82 Å². The molecule has 1 N–H and O–H groups in total. The molecule has 2 aromatic heterocycles. The van der Waals surface area contributed by atoms with Crippen LogP contribution in [-0.4, -0.2) is 21.1 Å². The standard InChI is InChI=1S/C23H23FN4O/c1-5-29-20-9-7-6-8-19(20)27-22-21-14(2)15(3)28(23(21)26-16(4)25-22)18-12-10-17(24)11-13-18/h6-13H,5H2,1-4H3,(H,25,26,27). The average molecular weight is 390 g/mol. The summed E-state index contributed by atoms with van der Waals surface area (Å²) in [7, 11) is 0. The summed E-state index contributed by atoms with van der Waals surface area (Å²) in [6.07, 6.45) is 0. The monoisotopic (exact) mass is 390 g/mol. The van der Waals surface area contributed by atoms with Gasteiger partial charge < -0.3 is 10.1 Å². The number of para-hydroxylation sites is 2. The fourth-order valence-electron chi connectivity index (χ4n) is 3.55. The quantitative estimate of drug-likeness (QED) is 0.480. The van der Waals surface area contributed by atoms with Crippen LogP contribution in [0, 0.1) is 26.6 Å². The highest BCUT2D eigenvalue weighted by atomic mass is 19.1. The number of hydrogen-bond acceptors (Lipinski definition) is 4. The Bertz CT molecular complexity index is 1180. The second kappa shape index (κ2) is 7.54. The SMILES string of the molecule is CCOc1ccccc1Nc1nc(C)nc2c1c(C)c(C)n2-c1ccc(F)cc1. The summed E-state index contributed by atoms with van der Waals surface area (Å²) in [6.45, 7) is 8.49. The van der Waals surface area contributed by atoms with E-state index in [1.54, 1.807) is 12.1 Å². The van der Waals surface area contributed by atoms with Gasteiger partial charge in [0.15, 0.2) is 5.65 Å². The van der Waals surface area contributed by atoms with Crippen LogP contribution < -0.4 is 10.1 Å². The van der Waals surface area contributed by atoms with E-state index in [1.165, 1.54) is 12.1 Å². The van der Waals surface area contributed by atoms with Crippen LogP contribution in [0.3, 0.4) is 0 Å². The first kappa shape index (κ1) is 18.9. The number of halogens is 1. The minimum Gasteiger partial charge on any atom is -0.492 e. The maximum Gasteiger partial charge on any atom is 0.150 e. The number of nitrogens with one attached hydrogen (secondary N) is 1. The summed E-state index contributed by atoms with van der Waals surface area (Å²) >= 11 is 0. The summed E-state index contributed by atoms with van der Waals surface area (Å²) in [5.41, 5.74) is 4.60. The Kier molecular flexibility index (Phi) is 4.92. The van der Waals surface area contributed by atoms with E-state index in [2.05, 4.69) is 17.2 Å². The molecule has 2 heterocycles. The van der Waals surface area contributed by atoms with Gasteiger partial charge in [-0.1, -0.05) is 12.1 Å². The summed E-state index contributed by atoms with van der Waals surface area (Å²) in [5, 5.41) is 4.37. The number of nitrogens with zero attached hydrogens (tertiary/aromatic N) is 3. The number of aromatic nitrogens is 3. The third-order valence-electron chi connectivity index (χ3n) is 4.99. The van der Waals surface area contributed by atoms with E-state index >= 15 is 0 Å². The van der Waals surface area contributed by atoms with Crippen molar-refractivity contribution in [2.24, 2.45) is 0 Å². The minimum atomic E-state index is -0.264. The molecule has 0 saturated heterocycles. The van der Waals surface area contributed by atoms with Crippen LogP contribution in [0.15, 0.2) is 48.5 Å². The summed E-state index contributed by atoms with van der Waals surface area (Å²) in [4.78, 5) is 9.37. The number of fused-ring (bicyclic) bond motifs is 1. The molecule has 0 unspecified atom stereocenters. The summed E-state index contributed by atoms with van der Waals surface area (Å²) in [5.74, 6) is 1.88. The first-order valence-electron chi connectivity index (χ1n) is 9.60. The van der Waals surface area contributed by atoms with Gasteiger partial charge >= 0.3 is 0 Å². The molecule has 0 saturated carbocycles. The van der Waals surface area contributed by atoms with Crippen LogP contribution in [0.2, 0.25) is 0 Å². The summed E-state index contributed by atoms with van der Waals surface area (Å²) in [6, 6.07) is 14.2. The largest absolute Gasteiger partial charge is 0.492 e. The molecule has 4 aromatic rings. The number of benzene rings is 2. The Morgan fingerprint density at radius 2 is 1.72 bits per heavy atom. The molecule has 0 aliphatic carbocycles. The molecule has 0 amide bonds. The molecule has 0 fully saturated rings. The number of anilines is 2. The topological polar surface area (TPSA) is 52.0 Å². The molecule has 2 aromatic carbocycles. The van der Waals surface area contributed by atoms with Crippen molar-refractivity contribution in [1.29, 1.82) is 0 Å². The molecule has 0 aliphatic rings. The van der Waals surface area contributed by atoms with Gasteiger partial charge in [-0.3, -0.25) is 4.57 Å². The van der Waals surface area contributed by atoms with Crippen molar-refractivity contribution in [2.45, 2.75) is 27.7 Å². The minimum absolute atomic E-state index is 0.264. The first-order chi connectivity index (χ1) is 14.0. The van der Waals surface area contributed by atoms with Gasteiger partial charge in [0.25, 0.3) is 0 Å². The van der Waals surface area contributed by atoms with Gasteiger partial charge in [0.05, 0.1) is 17.7 Å². The van der Waals surface area contributed by atoms with Crippen LogP contribution in [0.4, 0.5) is 15.9 Å². The number of hydrogen-bond donors (Lipinski definition) is 1. The Morgan fingerprint density at radius 3 is 2.45 bits per heavy atom. The number of aryl methyl sites for hydroxylation is 2. The van der Waals surface area contributed by atoms with E-state index in [9.17, 15) is 4.39 Å². The van der Waals surface area contributed by atoms with E-state index in [4.69, 9.17) is 9.72 Å². The van der Waals surface area contributed by atoms with Gasteiger partial charge in [-0.05, 0) is 69.7 Å². The molecule has 6 heteroatoms. The van der Waals surface area contributed by atoms with Crippen molar-refractivity contribution in [3.63, 3.8) is 0 Å². The smallest absolute Gasteiger partial charge is 0.150 e.